The minimum absolute atomic E-state index is 0.0562. The molecule has 0 spiro atoms. The second kappa shape index (κ2) is 6.98. The van der Waals surface area contributed by atoms with Crippen LogP contribution in [0.5, 0.6) is 0 Å². The van der Waals surface area contributed by atoms with E-state index < -0.39 is 0 Å². The number of hydrogen-bond acceptors (Lipinski definition) is 6. The van der Waals surface area contributed by atoms with Crippen molar-refractivity contribution >= 4 is 28.5 Å². The van der Waals surface area contributed by atoms with Crippen LogP contribution in [-0.4, -0.2) is 34.1 Å². The summed E-state index contributed by atoms with van der Waals surface area (Å²) in [6, 6.07) is 5.97. The fraction of sp³-hybridized carbons (Fsp3) is 0.400. The summed E-state index contributed by atoms with van der Waals surface area (Å²) in [6.07, 6.45) is 3.28. The van der Waals surface area contributed by atoms with Crippen molar-refractivity contribution in [1.82, 2.24) is 15.1 Å². The number of amides is 1. The molecule has 140 valence electrons. The van der Waals surface area contributed by atoms with Gasteiger partial charge in [-0.3, -0.25) is 4.79 Å². The number of anilines is 2. The molecule has 1 aliphatic rings. The summed E-state index contributed by atoms with van der Waals surface area (Å²) in [5.74, 6) is 0.757. The van der Waals surface area contributed by atoms with E-state index in [1.54, 1.807) is 0 Å². The minimum Gasteiger partial charge on any atom is -0.355 e. The van der Waals surface area contributed by atoms with E-state index >= 15 is 0 Å². The molecule has 1 fully saturated rings. The lowest BCUT2D eigenvalue weighted by Crippen LogP contribution is -2.41. The molecule has 0 radical (unpaired) electrons. The third-order valence-corrected chi connectivity index (χ3v) is 5.38. The van der Waals surface area contributed by atoms with Gasteiger partial charge in [-0.05, 0) is 50.8 Å². The van der Waals surface area contributed by atoms with Crippen molar-refractivity contribution < 1.29 is 9.32 Å². The lowest BCUT2D eigenvalue weighted by molar-refractivity contribution is -0.120. The molecule has 1 N–H and O–H groups in total. The fourth-order valence-corrected chi connectivity index (χ4v) is 3.65. The lowest BCUT2D eigenvalue weighted by atomic mass is 9.96. The highest BCUT2D eigenvalue weighted by Gasteiger charge is 2.29. The van der Waals surface area contributed by atoms with Crippen LogP contribution in [0, 0.1) is 26.7 Å². The van der Waals surface area contributed by atoms with Gasteiger partial charge in [0.05, 0.1) is 11.6 Å². The molecule has 2 aromatic heterocycles. The molecule has 1 aliphatic heterocycles. The summed E-state index contributed by atoms with van der Waals surface area (Å²) in [5.41, 5.74) is 4.42. The number of piperidine rings is 1. The van der Waals surface area contributed by atoms with E-state index in [1.165, 1.54) is 11.9 Å². The van der Waals surface area contributed by atoms with Crippen molar-refractivity contribution in [2.45, 2.75) is 33.6 Å². The van der Waals surface area contributed by atoms with Gasteiger partial charge in [-0.15, -0.1) is 0 Å². The largest absolute Gasteiger partial charge is 0.355 e. The van der Waals surface area contributed by atoms with Crippen LogP contribution in [0.2, 0.25) is 0 Å². The summed E-state index contributed by atoms with van der Waals surface area (Å²) in [7, 11) is 0. The minimum atomic E-state index is -0.0937. The molecule has 7 nitrogen and oxygen atoms in total. The van der Waals surface area contributed by atoms with Crippen LogP contribution in [0.25, 0.3) is 11.1 Å². The van der Waals surface area contributed by atoms with E-state index in [2.05, 4.69) is 38.3 Å². The molecular formula is C20H23N5O2. The van der Waals surface area contributed by atoms with Crippen LogP contribution < -0.4 is 10.2 Å². The van der Waals surface area contributed by atoms with E-state index in [0.29, 0.717) is 12.3 Å². The second-order valence-corrected chi connectivity index (χ2v) is 7.17. The molecule has 1 amide bonds. The molecule has 7 heteroatoms. The van der Waals surface area contributed by atoms with Crippen molar-refractivity contribution in [1.29, 1.82) is 0 Å². The molecule has 0 bridgehead atoms. The Kier molecular flexibility index (Phi) is 4.51. The van der Waals surface area contributed by atoms with Gasteiger partial charge >= 0.3 is 0 Å². The number of aryl methyl sites for hydroxylation is 2. The first-order valence-electron chi connectivity index (χ1n) is 9.23. The summed E-state index contributed by atoms with van der Waals surface area (Å²) < 4.78 is 5.25. The van der Waals surface area contributed by atoms with E-state index in [-0.39, 0.29) is 11.8 Å². The number of nitrogens with one attached hydrogen (secondary N) is 1. The SMILES string of the molecule is Cc1cccc(NC(=O)[C@@H]2CCCN(c3ncnc4onc(C)c34)C2)c1C. The first-order valence-corrected chi connectivity index (χ1v) is 9.23. The van der Waals surface area contributed by atoms with Gasteiger partial charge in [0.1, 0.15) is 17.5 Å². The number of benzene rings is 1. The summed E-state index contributed by atoms with van der Waals surface area (Å²) in [5, 5.41) is 7.93. The van der Waals surface area contributed by atoms with Crippen LogP contribution in [-0.2, 0) is 4.79 Å². The average Bonchev–Trinajstić information content (AvgIpc) is 3.07. The Morgan fingerprint density at radius 3 is 2.96 bits per heavy atom. The summed E-state index contributed by atoms with van der Waals surface area (Å²) >= 11 is 0. The van der Waals surface area contributed by atoms with E-state index in [9.17, 15) is 4.79 Å². The molecule has 3 aromatic rings. The van der Waals surface area contributed by atoms with Crippen molar-refractivity contribution in [2.75, 3.05) is 23.3 Å². The molecule has 0 unspecified atom stereocenters. The predicted molar refractivity (Wildman–Crippen MR) is 104 cm³/mol. The molecule has 4 rings (SSSR count). The Hall–Kier alpha value is -2.96. The number of rotatable bonds is 3. The molecule has 1 atom stereocenters. The molecular weight excluding hydrogens is 342 g/mol. The van der Waals surface area contributed by atoms with Crippen LogP contribution in [0.15, 0.2) is 29.0 Å². The van der Waals surface area contributed by atoms with Gasteiger partial charge < -0.3 is 14.7 Å². The standard InChI is InChI=1S/C20H23N5O2/c1-12-6-4-8-16(13(12)2)23-19(26)15-7-5-9-25(10-15)18-17-14(3)24-27-20(17)22-11-21-18/h4,6,8,11,15H,5,7,9-10H2,1-3H3,(H,23,26)/t15-/m1/s1. The van der Waals surface area contributed by atoms with Crippen LogP contribution >= 0.6 is 0 Å². The fourth-order valence-electron chi connectivity index (χ4n) is 3.65. The average molecular weight is 365 g/mol. The smallest absolute Gasteiger partial charge is 0.263 e. The molecule has 27 heavy (non-hydrogen) atoms. The maximum Gasteiger partial charge on any atom is 0.263 e. The zero-order chi connectivity index (χ0) is 19.0. The third-order valence-electron chi connectivity index (χ3n) is 5.38. The van der Waals surface area contributed by atoms with E-state index in [0.717, 1.165) is 47.5 Å². The summed E-state index contributed by atoms with van der Waals surface area (Å²) in [6.45, 7) is 7.43. The molecule has 0 aliphatic carbocycles. The number of carbonyl (C=O) groups excluding carboxylic acids is 1. The van der Waals surface area contributed by atoms with Crippen LogP contribution in [0.3, 0.4) is 0 Å². The highest BCUT2D eigenvalue weighted by atomic mass is 16.5. The molecule has 0 saturated carbocycles. The van der Waals surface area contributed by atoms with Gasteiger partial charge in [0, 0.05) is 18.8 Å². The van der Waals surface area contributed by atoms with Gasteiger partial charge in [-0.2, -0.15) is 4.98 Å². The van der Waals surface area contributed by atoms with E-state index in [4.69, 9.17) is 4.52 Å². The zero-order valence-electron chi connectivity index (χ0n) is 15.8. The number of fused-ring (bicyclic) bond motifs is 1. The Labute approximate surface area is 157 Å². The number of nitrogens with zero attached hydrogens (tertiary/aromatic N) is 4. The van der Waals surface area contributed by atoms with Crippen molar-refractivity contribution in [2.24, 2.45) is 5.92 Å². The van der Waals surface area contributed by atoms with E-state index in [1.807, 2.05) is 26.0 Å². The maximum atomic E-state index is 12.9. The Balaban J connectivity index is 1.55. The van der Waals surface area contributed by atoms with Gasteiger partial charge in [0.25, 0.3) is 5.71 Å². The Morgan fingerprint density at radius 1 is 1.26 bits per heavy atom. The van der Waals surface area contributed by atoms with Gasteiger partial charge in [0.15, 0.2) is 0 Å². The van der Waals surface area contributed by atoms with Gasteiger partial charge in [0.2, 0.25) is 5.91 Å². The normalized spacial score (nSPS) is 17.3. The topological polar surface area (TPSA) is 84.2 Å². The quantitative estimate of drug-likeness (QED) is 0.766. The third kappa shape index (κ3) is 3.25. The number of hydrogen-bond donors (Lipinski definition) is 1. The van der Waals surface area contributed by atoms with Crippen molar-refractivity contribution in [3.63, 3.8) is 0 Å². The van der Waals surface area contributed by atoms with Crippen molar-refractivity contribution in [3.05, 3.63) is 41.3 Å². The van der Waals surface area contributed by atoms with Gasteiger partial charge in [-0.1, -0.05) is 17.3 Å². The maximum absolute atomic E-state index is 12.9. The monoisotopic (exact) mass is 365 g/mol. The first kappa shape index (κ1) is 17.5. The summed E-state index contributed by atoms with van der Waals surface area (Å²) in [4.78, 5) is 23.6. The van der Waals surface area contributed by atoms with Gasteiger partial charge in [-0.25, -0.2) is 4.98 Å². The highest BCUT2D eigenvalue weighted by molar-refractivity contribution is 5.94. The Morgan fingerprint density at radius 2 is 2.11 bits per heavy atom. The first-order chi connectivity index (χ1) is 13.0. The van der Waals surface area contributed by atoms with Crippen molar-refractivity contribution in [3.8, 4) is 0 Å². The molecule has 3 heterocycles. The highest BCUT2D eigenvalue weighted by Crippen LogP contribution is 2.30. The molecule has 1 saturated heterocycles. The number of aromatic nitrogens is 3. The predicted octanol–water partition coefficient (Wildman–Crippen LogP) is 3.40. The Bertz CT molecular complexity index is 997. The lowest BCUT2D eigenvalue weighted by Gasteiger charge is -2.33. The second-order valence-electron chi connectivity index (χ2n) is 7.17. The zero-order valence-corrected chi connectivity index (χ0v) is 15.8. The van der Waals surface area contributed by atoms with Crippen LogP contribution in [0.1, 0.15) is 29.7 Å². The molecule has 1 aromatic carbocycles. The number of carbonyl (C=O) groups is 1. The van der Waals surface area contributed by atoms with Crippen LogP contribution in [0.4, 0.5) is 11.5 Å².